The second-order valence-corrected chi connectivity index (χ2v) is 2.34. The first-order valence-electron chi connectivity index (χ1n) is 3.09. The van der Waals surface area contributed by atoms with Gasteiger partial charge in [0.25, 0.3) is 5.82 Å². The van der Waals surface area contributed by atoms with E-state index in [1.165, 1.54) is 0 Å². The summed E-state index contributed by atoms with van der Waals surface area (Å²) < 4.78 is 3.79. The first kappa shape index (κ1) is 6.81. The SMILES string of the molecule is Cc1n(C)c(C#N)c[n+]1C. The molecule has 0 unspecified atom stereocenters. The Kier molecular flexibility index (Phi) is 1.46. The predicted molar refractivity (Wildman–Crippen MR) is 36.0 cm³/mol. The van der Waals surface area contributed by atoms with E-state index in [0.29, 0.717) is 5.69 Å². The molecule has 1 aromatic heterocycles. The minimum Gasteiger partial charge on any atom is -0.236 e. The van der Waals surface area contributed by atoms with Gasteiger partial charge in [-0.25, -0.2) is 9.13 Å². The Hall–Kier alpha value is -1.30. The zero-order valence-electron chi connectivity index (χ0n) is 6.42. The summed E-state index contributed by atoms with van der Waals surface area (Å²) in [5.41, 5.74) is 0.694. The van der Waals surface area contributed by atoms with E-state index in [2.05, 4.69) is 6.07 Å². The number of rotatable bonds is 0. The topological polar surface area (TPSA) is 32.6 Å². The van der Waals surface area contributed by atoms with Crippen molar-refractivity contribution in [3.8, 4) is 6.07 Å². The number of aryl methyl sites for hydroxylation is 1. The van der Waals surface area contributed by atoms with E-state index in [9.17, 15) is 0 Å². The molecule has 0 bridgehead atoms. The lowest BCUT2D eigenvalue weighted by Gasteiger charge is -1.86. The van der Waals surface area contributed by atoms with Gasteiger partial charge in [0.15, 0.2) is 0 Å². The third-order valence-corrected chi connectivity index (χ3v) is 1.79. The molecule has 52 valence electrons. The number of aromatic nitrogens is 2. The average molecular weight is 136 g/mol. The van der Waals surface area contributed by atoms with E-state index < -0.39 is 0 Å². The van der Waals surface area contributed by atoms with Crippen LogP contribution >= 0.6 is 0 Å². The van der Waals surface area contributed by atoms with Crippen molar-refractivity contribution in [2.75, 3.05) is 0 Å². The average Bonchev–Trinajstić information content (AvgIpc) is 2.17. The van der Waals surface area contributed by atoms with E-state index in [1.807, 2.05) is 36.4 Å². The standard InChI is InChI=1S/C7H10N3/c1-6-9(2)5-7(4-8)10(6)3/h5H,1-3H3/q+1. The summed E-state index contributed by atoms with van der Waals surface area (Å²) in [5, 5.41) is 8.57. The van der Waals surface area contributed by atoms with Gasteiger partial charge in [-0.15, -0.1) is 0 Å². The van der Waals surface area contributed by atoms with Crippen molar-refractivity contribution >= 4 is 0 Å². The highest BCUT2D eigenvalue weighted by Crippen LogP contribution is 1.95. The molecule has 0 aliphatic rings. The fraction of sp³-hybridized carbons (Fsp3) is 0.429. The Morgan fingerprint density at radius 1 is 1.70 bits per heavy atom. The van der Waals surface area contributed by atoms with E-state index in [4.69, 9.17) is 5.26 Å². The molecule has 3 heteroatoms. The molecule has 0 saturated carbocycles. The van der Waals surface area contributed by atoms with E-state index in [-0.39, 0.29) is 0 Å². The van der Waals surface area contributed by atoms with Crippen LogP contribution in [0, 0.1) is 18.3 Å². The molecule has 1 aromatic rings. The van der Waals surface area contributed by atoms with Gasteiger partial charge in [-0.1, -0.05) is 0 Å². The van der Waals surface area contributed by atoms with Crippen LogP contribution in [0.2, 0.25) is 0 Å². The number of nitriles is 1. The van der Waals surface area contributed by atoms with Crippen LogP contribution in [0.15, 0.2) is 6.20 Å². The normalized spacial score (nSPS) is 9.40. The highest BCUT2D eigenvalue weighted by atomic mass is 15.1. The van der Waals surface area contributed by atoms with Crippen molar-refractivity contribution < 1.29 is 4.57 Å². The quantitative estimate of drug-likeness (QED) is 0.463. The highest BCUT2D eigenvalue weighted by molar-refractivity contribution is 5.15. The molecule has 1 rings (SSSR count). The number of imidazole rings is 1. The number of nitrogens with zero attached hydrogens (tertiary/aromatic N) is 3. The van der Waals surface area contributed by atoms with Gasteiger partial charge in [-0.3, -0.25) is 0 Å². The van der Waals surface area contributed by atoms with Gasteiger partial charge in [-0.2, -0.15) is 5.26 Å². The molecule has 0 spiro atoms. The summed E-state index contributed by atoms with van der Waals surface area (Å²) in [6, 6.07) is 2.10. The summed E-state index contributed by atoms with van der Waals surface area (Å²) in [7, 11) is 3.81. The van der Waals surface area contributed by atoms with Crippen molar-refractivity contribution in [1.82, 2.24) is 4.57 Å². The van der Waals surface area contributed by atoms with Crippen LogP contribution in [0.5, 0.6) is 0 Å². The maximum absolute atomic E-state index is 8.57. The molecular weight excluding hydrogens is 126 g/mol. The largest absolute Gasteiger partial charge is 0.253 e. The molecule has 0 radical (unpaired) electrons. The molecule has 0 aliphatic carbocycles. The maximum atomic E-state index is 8.57. The first-order valence-corrected chi connectivity index (χ1v) is 3.09. The predicted octanol–water partition coefficient (Wildman–Crippen LogP) is 0.0297. The Morgan fingerprint density at radius 2 is 2.30 bits per heavy atom. The summed E-state index contributed by atoms with van der Waals surface area (Å²) in [6.45, 7) is 1.97. The Labute approximate surface area is 60.1 Å². The molecule has 0 aromatic carbocycles. The minimum absolute atomic E-state index is 0.694. The van der Waals surface area contributed by atoms with Crippen LogP contribution in [0.4, 0.5) is 0 Å². The van der Waals surface area contributed by atoms with E-state index in [0.717, 1.165) is 5.82 Å². The molecule has 0 amide bonds. The molecule has 0 atom stereocenters. The third-order valence-electron chi connectivity index (χ3n) is 1.79. The third kappa shape index (κ3) is 0.781. The van der Waals surface area contributed by atoms with Crippen LogP contribution in [0.25, 0.3) is 0 Å². The van der Waals surface area contributed by atoms with Crippen molar-refractivity contribution in [1.29, 1.82) is 5.26 Å². The van der Waals surface area contributed by atoms with Crippen LogP contribution < -0.4 is 4.57 Å². The van der Waals surface area contributed by atoms with Gasteiger partial charge >= 0.3 is 0 Å². The van der Waals surface area contributed by atoms with Crippen LogP contribution in [-0.4, -0.2) is 4.57 Å². The van der Waals surface area contributed by atoms with Gasteiger partial charge in [0.05, 0.1) is 14.1 Å². The lowest BCUT2D eigenvalue weighted by molar-refractivity contribution is -0.677. The zero-order valence-corrected chi connectivity index (χ0v) is 6.42. The number of hydrogen-bond donors (Lipinski definition) is 0. The van der Waals surface area contributed by atoms with Crippen LogP contribution in [0.1, 0.15) is 11.5 Å². The maximum Gasteiger partial charge on any atom is 0.253 e. The lowest BCUT2D eigenvalue weighted by atomic mass is 10.5. The van der Waals surface area contributed by atoms with Crippen molar-refractivity contribution in [2.45, 2.75) is 6.92 Å². The highest BCUT2D eigenvalue weighted by Gasteiger charge is 2.11. The Morgan fingerprint density at radius 3 is 2.50 bits per heavy atom. The van der Waals surface area contributed by atoms with Gasteiger partial charge in [-0.05, 0) is 0 Å². The van der Waals surface area contributed by atoms with Crippen molar-refractivity contribution in [3.63, 3.8) is 0 Å². The fourth-order valence-corrected chi connectivity index (χ4v) is 0.878. The molecule has 10 heavy (non-hydrogen) atoms. The summed E-state index contributed by atoms with van der Waals surface area (Å²) in [6.07, 6.45) is 1.81. The molecule has 0 saturated heterocycles. The van der Waals surface area contributed by atoms with Gasteiger partial charge in [0, 0.05) is 6.92 Å². The second-order valence-electron chi connectivity index (χ2n) is 2.34. The monoisotopic (exact) mass is 136 g/mol. The van der Waals surface area contributed by atoms with Crippen molar-refractivity contribution in [2.24, 2.45) is 14.1 Å². The second kappa shape index (κ2) is 2.14. The summed E-state index contributed by atoms with van der Waals surface area (Å²) in [5.74, 6) is 1.08. The van der Waals surface area contributed by atoms with E-state index >= 15 is 0 Å². The molecule has 3 nitrogen and oxygen atoms in total. The summed E-state index contributed by atoms with van der Waals surface area (Å²) >= 11 is 0. The smallest absolute Gasteiger partial charge is 0.236 e. The summed E-state index contributed by atoms with van der Waals surface area (Å²) in [4.78, 5) is 0. The molecule has 0 aliphatic heterocycles. The Bertz CT molecular complexity index is 291. The van der Waals surface area contributed by atoms with Crippen LogP contribution in [0.3, 0.4) is 0 Å². The fourth-order valence-electron chi connectivity index (χ4n) is 0.878. The van der Waals surface area contributed by atoms with E-state index in [1.54, 1.807) is 0 Å². The molecule has 1 heterocycles. The van der Waals surface area contributed by atoms with Crippen LogP contribution in [-0.2, 0) is 14.1 Å². The van der Waals surface area contributed by atoms with Gasteiger partial charge in [0.2, 0.25) is 5.69 Å². The lowest BCUT2D eigenvalue weighted by Crippen LogP contribution is -2.29. The van der Waals surface area contributed by atoms with Gasteiger partial charge in [0.1, 0.15) is 12.3 Å². The molecule has 0 fully saturated rings. The van der Waals surface area contributed by atoms with Crippen molar-refractivity contribution in [3.05, 3.63) is 17.7 Å². The zero-order chi connectivity index (χ0) is 7.72. The minimum atomic E-state index is 0.694. The first-order chi connectivity index (χ1) is 4.66. The number of hydrogen-bond acceptors (Lipinski definition) is 1. The van der Waals surface area contributed by atoms with Gasteiger partial charge < -0.3 is 0 Å². The molecule has 0 N–H and O–H groups in total. The Balaban J connectivity index is 3.34. The molecular formula is C7H10N3+.